The van der Waals surface area contributed by atoms with Gasteiger partial charge in [0.15, 0.2) is 5.01 Å². The summed E-state index contributed by atoms with van der Waals surface area (Å²) in [7, 11) is -3.15. The molecule has 0 radical (unpaired) electrons. The zero-order valence-electron chi connectivity index (χ0n) is 22.8. The third kappa shape index (κ3) is 6.85. The molecule has 3 fully saturated rings. The highest BCUT2D eigenvalue weighted by Crippen LogP contribution is 2.42. The minimum Gasteiger partial charge on any atom is -0.367 e. The van der Waals surface area contributed by atoms with Gasteiger partial charge < -0.3 is 15.5 Å². The first-order chi connectivity index (χ1) is 19.4. The molecule has 2 aromatic rings. The van der Waals surface area contributed by atoms with Crippen LogP contribution in [0.3, 0.4) is 0 Å². The zero-order chi connectivity index (χ0) is 29.4. The molecule has 2 aliphatic heterocycles. The molecule has 1 saturated carbocycles. The van der Waals surface area contributed by atoms with Crippen LogP contribution in [0, 0.1) is 0 Å². The average molecular weight is 614 g/mol. The van der Waals surface area contributed by atoms with Gasteiger partial charge in [-0.1, -0.05) is 12.8 Å². The summed E-state index contributed by atoms with van der Waals surface area (Å²) in [6.07, 6.45) is 3.04. The third-order valence-corrected chi connectivity index (χ3v) is 10.9. The van der Waals surface area contributed by atoms with Crippen LogP contribution in [-0.2, 0) is 16.0 Å². The smallest absolute Gasteiger partial charge is 0.367 e. The van der Waals surface area contributed by atoms with Gasteiger partial charge in [0, 0.05) is 36.4 Å². The van der Waals surface area contributed by atoms with Gasteiger partial charge in [0.2, 0.25) is 0 Å². The molecule has 2 N–H and O–H groups in total. The van der Waals surface area contributed by atoms with Crippen LogP contribution in [0.25, 0.3) is 10.4 Å². The second-order valence-corrected chi connectivity index (χ2v) is 14.5. The molecule has 1 aliphatic carbocycles. The number of hydrogen-bond acceptors (Lipinski definition) is 8. The van der Waals surface area contributed by atoms with Crippen LogP contribution in [0.5, 0.6) is 0 Å². The number of nitrogens with one attached hydrogen (secondary N) is 2. The number of thiazole rings is 1. The summed E-state index contributed by atoms with van der Waals surface area (Å²) in [6, 6.07) is 0.493. The number of aromatic nitrogens is 2. The highest BCUT2D eigenvalue weighted by Gasteiger charge is 2.38. The van der Waals surface area contributed by atoms with E-state index >= 15 is 0 Å². The van der Waals surface area contributed by atoms with Gasteiger partial charge in [-0.25, -0.2) is 18.4 Å². The normalized spacial score (nSPS) is 22.0. The molecule has 4 heterocycles. The number of hydrogen-bond donors (Lipinski definition) is 2. The van der Waals surface area contributed by atoms with Gasteiger partial charge >= 0.3 is 6.18 Å². The van der Waals surface area contributed by atoms with Gasteiger partial charge in [0.1, 0.15) is 21.3 Å². The van der Waals surface area contributed by atoms with Crippen LogP contribution in [0.15, 0.2) is 12.3 Å². The Morgan fingerprint density at radius 2 is 1.71 bits per heavy atom. The van der Waals surface area contributed by atoms with E-state index < -0.39 is 39.4 Å². The number of nitrogens with zero attached hydrogens (tertiary/aromatic N) is 3. The Balaban J connectivity index is 1.51. The molecule has 0 spiro atoms. The monoisotopic (exact) mass is 613 g/mol. The van der Waals surface area contributed by atoms with E-state index in [0.717, 1.165) is 68.5 Å². The number of likely N-dealkylation sites (tertiary alicyclic amines) is 1. The van der Waals surface area contributed by atoms with Gasteiger partial charge in [-0.15, -0.1) is 11.3 Å². The Kier molecular flexibility index (Phi) is 8.61. The predicted octanol–water partition coefficient (Wildman–Crippen LogP) is 4.90. The number of carbonyl (C=O) groups excluding carboxylic acids is 2. The summed E-state index contributed by atoms with van der Waals surface area (Å²) in [5, 5.41) is 5.70. The Morgan fingerprint density at radius 3 is 2.37 bits per heavy atom. The fourth-order valence-corrected chi connectivity index (χ4v) is 8.27. The van der Waals surface area contributed by atoms with Crippen molar-refractivity contribution in [1.82, 2.24) is 20.2 Å². The van der Waals surface area contributed by atoms with Crippen molar-refractivity contribution in [3.05, 3.63) is 28.5 Å². The molecule has 1 atom stereocenters. The highest BCUT2D eigenvalue weighted by atomic mass is 32.2. The summed E-state index contributed by atoms with van der Waals surface area (Å²) < 4.78 is 66.8. The largest absolute Gasteiger partial charge is 0.417 e. The van der Waals surface area contributed by atoms with Crippen LogP contribution in [0.1, 0.15) is 90.6 Å². The zero-order valence-corrected chi connectivity index (χ0v) is 24.4. The van der Waals surface area contributed by atoms with Crippen LogP contribution in [-0.4, -0.2) is 71.3 Å². The maximum Gasteiger partial charge on any atom is 0.417 e. The third-order valence-electron chi connectivity index (χ3n) is 8.14. The van der Waals surface area contributed by atoms with Crippen LogP contribution in [0.4, 0.5) is 19.0 Å². The van der Waals surface area contributed by atoms with Crippen LogP contribution < -0.4 is 10.6 Å². The molecule has 224 valence electrons. The second kappa shape index (κ2) is 11.9. The second-order valence-electron chi connectivity index (χ2n) is 11.2. The van der Waals surface area contributed by atoms with E-state index in [4.69, 9.17) is 0 Å². The van der Waals surface area contributed by atoms with Crippen molar-refractivity contribution >= 4 is 38.8 Å². The number of rotatable bonds is 6. The first-order valence-corrected chi connectivity index (χ1v) is 16.7. The summed E-state index contributed by atoms with van der Waals surface area (Å²) in [5.41, 5.74) is -1.46. The standard InChI is InChI=1S/C27H34F3N5O4S2/c1-16-6-4-5-11-35(16)26(37)22-23(40-25(34-22)24(36)33-18-9-12-41(38,39)13-10-18)19-15-31-21(14-20(19)27(28,29)30)32-17-7-2-3-8-17/h14-18H,2-13H2,1H3,(H,31,32)(H,33,36)/t16-/m0/s1. The van der Waals surface area contributed by atoms with E-state index in [2.05, 4.69) is 20.6 Å². The Bertz CT molecular complexity index is 1390. The molecule has 2 amide bonds. The van der Waals surface area contributed by atoms with Gasteiger partial charge in [0.05, 0.1) is 21.9 Å². The quantitative estimate of drug-likeness (QED) is 0.475. The molecule has 2 aromatic heterocycles. The van der Waals surface area contributed by atoms with E-state index in [-0.39, 0.29) is 63.4 Å². The minimum absolute atomic E-state index is 0.0560. The molecular weight excluding hydrogens is 579 g/mol. The molecule has 14 heteroatoms. The average Bonchev–Trinajstić information content (AvgIpc) is 3.60. The highest BCUT2D eigenvalue weighted by molar-refractivity contribution is 7.91. The Labute approximate surface area is 241 Å². The molecule has 9 nitrogen and oxygen atoms in total. The van der Waals surface area contributed by atoms with E-state index in [1.165, 1.54) is 0 Å². The topological polar surface area (TPSA) is 121 Å². The molecule has 0 aromatic carbocycles. The first kappa shape index (κ1) is 29.7. The fourth-order valence-electron chi connectivity index (χ4n) is 5.79. The number of alkyl halides is 3. The van der Waals surface area contributed by atoms with E-state index in [1.807, 2.05) is 6.92 Å². The van der Waals surface area contributed by atoms with Gasteiger partial charge in [0.25, 0.3) is 11.8 Å². The number of sulfone groups is 1. The predicted molar refractivity (Wildman–Crippen MR) is 150 cm³/mol. The number of piperidine rings is 1. The van der Waals surface area contributed by atoms with E-state index in [9.17, 15) is 31.2 Å². The lowest BCUT2D eigenvalue weighted by Gasteiger charge is -2.33. The fraction of sp³-hybridized carbons (Fsp3) is 0.630. The summed E-state index contributed by atoms with van der Waals surface area (Å²) in [5.74, 6) is -1.17. The summed E-state index contributed by atoms with van der Waals surface area (Å²) in [4.78, 5) is 37.0. The number of amides is 2. The van der Waals surface area contributed by atoms with E-state index in [1.54, 1.807) is 4.90 Å². The molecule has 5 rings (SSSR count). The van der Waals surface area contributed by atoms with Crippen molar-refractivity contribution in [3.63, 3.8) is 0 Å². The van der Waals surface area contributed by atoms with E-state index in [0.29, 0.717) is 6.54 Å². The maximum absolute atomic E-state index is 14.4. The van der Waals surface area contributed by atoms with Crippen LogP contribution >= 0.6 is 11.3 Å². The van der Waals surface area contributed by atoms with Crippen molar-refractivity contribution < 1.29 is 31.2 Å². The Hall–Kier alpha value is -2.74. The first-order valence-electron chi connectivity index (χ1n) is 14.1. The molecule has 0 unspecified atom stereocenters. The van der Waals surface area contributed by atoms with Crippen molar-refractivity contribution in [2.45, 2.75) is 89.0 Å². The Morgan fingerprint density at radius 1 is 1.02 bits per heavy atom. The summed E-state index contributed by atoms with van der Waals surface area (Å²) in [6.45, 7) is 2.34. The number of halogens is 3. The van der Waals surface area contributed by atoms with Crippen molar-refractivity contribution in [3.8, 4) is 10.4 Å². The molecule has 41 heavy (non-hydrogen) atoms. The van der Waals surface area contributed by atoms with Crippen molar-refractivity contribution in [2.75, 3.05) is 23.4 Å². The van der Waals surface area contributed by atoms with Crippen LogP contribution in [0.2, 0.25) is 0 Å². The SMILES string of the molecule is C[C@H]1CCCCN1C(=O)c1nc(C(=O)NC2CCS(=O)(=O)CC2)sc1-c1cnc(NC2CCCC2)cc1C(F)(F)F. The van der Waals surface area contributed by atoms with Crippen molar-refractivity contribution in [1.29, 1.82) is 0 Å². The van der Waals surface area contributed by atoms with Gasteiger partial charge in [-0.05, 0) is 57.9 Å². The summed E-state index contributed by atoms with van der Waals surface area (Å²) >= 11 is 0.722. The lowest BCUT2D eigenvalue weighted by atomic mass is 10.0. The minimum atomic E-state index is -4.75. The van der Waals surface area contributed by atoms with Gasteiger partial charge in [-0.3, -0.25) is 9.59 Å². The van der Waals surface area contributed by atoms with Gasteiger partial charge in [-0.2, -0.15) is 13.2 Å². The maximum atomic E-state index is 14.4. The molecular formula is C27H34F3N5O4S2. The lowest BCUT2D eigenvalue weighted by molar-refractivity contribution is -0.137. The van der Waals surface area contributed by atoms with Crippen molar-refractivity contribution in [2.24, 2.45) is 0 Å². The number of anilines is 1. The molecule has 2 saturated heterocycles. The number of carbonyl (C=O) groups is 2. The lowest BCUT2D eigenvalue weighted by Crippen LogP contribution is -2.42. The molecule has 0 bridgehead atoms. The molecule has 3 aliphatic rings. The number of pyridine rings is 1.